The number of urea groups is 1. The first kappa shape index (κ1) is 19.8. The molecule has 160 valence electrons. The summed E-state index contributed by atoms with van der Waals surface area (Å²) in [4.78, 5) is 15.1. The van der Waals surface area contributed by atoms with E-state index in [0.717, 1.165) is 70.4 Å². The van der Waals surface area contributed by atoms with Gasteiger partial charge in [0.25, 0.3) is 0 Å². The van der Waals surface area contributed by atoms with Gasteiger partial charge in [0.2, 0.25) is 0 Å². The molecule has 2 N–H and O–H groups in total. The molecule has 1 saturated heterocycles. The van der Waals surface area contributed by atoms with Crippen LogP contribution in [0.3, 0.4) is 0 Å². The normalized spacial score (nSPS) is 18.9. The van der Waals surface area contributed by atoms with E-state index in [2.05, 4.69) is 26.1 Å². The standard InChI is InChI=1S/C22H29N5O2S/c28-22(23-21-18-7-3-5-16(18)15-17-6-4-8-19(17)21)25-30(29)20-9-12-27(24-20)14-13-26-10-1-2-11-26/h9,12,15H,1-8,10-11,13-14H2,(H2,23,25,28). The minimum absolute atomic E-state index is 0.384. The summed E-state index contributed by atoms with van der Waals surface area (Å²) >= 11 is 0. The van der Waals surface area contributed by atoms with Gasteiger partial charge in [0, 0.05) is 18.4 Å². The van der Waals surface area contributed by atoms with Gasteiger partial charge in [-0.2, -0.15) is 5.10 Å². The molecule has 5 rings (SSSR count). The number of likely N-dealkylation sites (tertiary alicyclic amines) is 1. The van der Waals surface area contributed by atoms with Crippen molar-refractivity contribution in [2.75, 3.05) is 25.0 Å². The van der Waals surface area contributed by atoms with Crippen molar-refractivity contribution < 1.29 is 9.00 Å². The third-order valence-electron chi connectivity index (χ3n) is 6.55. The van der Waals surface area contributed by atoms with Crippen molar-refractivity contribution in [2.45, 2.75) is 62.9 Å². The molecular formula is C22H29N5O2S. The number of nitrogens with one attached hydrogen (secondary N) is 2. The van der Waals surface area contributed by atoms with Crippen LogP contribution in [0.15, 0.2) is 23.4 Å². The second-order valence-corrected chi connectivity index (χ2v) is 9.68. The minimum atomic E-state index is -1.68. The van der Waals surface area contributed by atoms with Gasteiger partial charge in [-0.1, -0.05) is 6.07 Å². The fourth-order valence-electron chi connectivity index (χ4n) is 5.06. The summed E-state index contributed by atoms with van der Waals surface area (Å²) in [6, 6.07) is 3.63. The number of aryl methyl sites for hydroxylation is 2. The van der Waals surface area contributed by atoms with Crippen LogP contribution in [-0.4, -0.2) is 44.6 Å². The van der Waals surface area contributed by atoms with Crippen LogP contribution < -0.4 is 10.0 Å². The Kier molecular flexibility index (Phi) is 5.60. The van der Waals surface area contributed by atoms with Crippen molar-refractivity contribution in [1.29, 1.82) is 0 Å². The van der Waals surface area contributed by atoms with Crippen LogP contribution in [0.1, 0.15) is 47.9 Å². The van der Waals surface area contributed by atoms with Crippen molar-refractivity contribution >= 4 is 22.7 Å². The lowest BCUT2D eigenvalue weighted by molar-refractivity contribution is 0.257. The Hall–Kier alpha value is -2.19. The maximum atomic E-state index is 12.6. The zero-order chi connectivity index (χ0) is 20.5. The number of amides is 2. The number of fused-ring (bicyclic) bond motifs is 2. The van der Waals surface area contributed by atoms with E-state index < -0.39 is 17.0 Å². The van der Waals surface area contributed by atoms with E-state index >= 15 is 0 Å². The Morgan fingerprint density at radius 1 is 1.00 bits per heavy atom. The van der Waals surface area contributed by atoms with Crippen LogP contribution in [-0.2, 0) is 43.2 Å². The highest BCUT2D eigenvalue weighted by Gasteiger charge is 2.25. The molecule has 3 aliphatic rings. The van der Waals surface area contributed by atoms with Gasteiger partial charge >= 0.3 is 6.03 Å². The number of hydrogen-bond acceptors (Lipinski definition) is 4. The molecular weight excluding hydrogens is 398 g/mol. The third-order valence-corrected chi connectivity index (χ3v) is 7.52. The Labute approximate surface area is 179 Å². The molecule has 2 aromatic rings. The molecule has 1 atom stereocenters. The zero-order valence-electron chi connectivity index (χ0n) is 17.3. The SMILES string of the molecule is O=C(Nc1c2c(cc3c1CCC3)CCC2)NS(=O)c1ccn(CCN2CCCC2)n1. The maximum Gasteiger partial charge on any atom is 0.331 e. The van der Waals surface area contributed by atoms with Crippen molar-refractivity contribution in [3.63, 3.8) is 0 Å². The van der Waals surface area contributed by atoms with Crippen molar-refractivity contribution in [1.82, 2.24) is 19.4 Å². The Morgan fingerprint density at radius 3 is 2.40 bits per heavy atom. The van der Waals surface area contributed by atoms with Gasteiger partial charge in [0.05, 0.1) is 6.54 Å². The number of carbonyl (C=O) groups is 1. The number of nitrogens with zero attached hydrogens (tertiary/aromatic N) is 3. The quantitative estimate of drug-likeness (QED) is 0.743. The molecule has 2 amide bonds. The Morgan fingerprint density at radius 2 is 1.70 bits per heavy atom. The molecule has 0 spiro atoms. The zero-order valence-corrected chi connectivity index (χ0v) is 18.1. The van der Waals surface area contributed by atoms with Gasteiger partial charge in [-0.15, -0.1) is 0 Å². The second-order valence-electron chi connectivity index (χ2n) is 8.52. The fourth-order valence-corrected chi connectivity index (χ4v) is 5.75. The van der Waals surface area contributed by atoms with E-state index in [1.807, 2.05) is 10.9 Å². The molecule has 1 fully saturated rings. The van der Waals surface area contributed by atoms with Gasteiger partial charge in [-0.25, -0.2) is 9.00 Å². The third kappa shape index (κ3) is 4.03. The first-order valence-electron chi connectivity index (χ1n) is 11.1. The van der Waals surface area contributed by atoms with E-state index in [9.17, 15) is 9.00 Å². The monoisotopic (exact) mass is 427 g/mol. The van der Waals surface area contributed by atoms with E-state index in [1.165, 1.54) is 35.1 Å². The maximum absolute atomic E-state index is 12.6. The summed E-state index contributed by atoms with van der Waals surface area (Å²) in [7, 11) is -1.68. The molecule has 2 aliphatic carbocycles. The molecule has 1 aromatic heterocycles. The molecule has 1 unspecified atom stereocenters. The molecule has 0 radical (unpaired) electrons. The average Bonchev–Trinajstić information content (AvgIpc) is 3.53. The van der Waals surface area contributed by atoms with Crippen LogP contribution in [0.25, 0.3) is 0 Å². The van der Waals surface area contributed by atoms with Crippen molar-refractivity contribution in [3.05, 3.63) is 40.6 Å². The highest BCUT2D eigenvalue weighted by molar-refractivity contribution is 7.83. The number of carbonyl (C=O) groups excluding carboxylic acids is 1. The van der Waals surface area contributed by atoms with Gasteiger partial charge in [0.15, 0.2) is 16.0 Å². The predicted molar refractivity (Wildman–Crippen MR) is 117 cm³/mol. The number of hydrogen-bond donors (Lipinski definition) is 2. The summed E-state index contributed by atoms with van der Waals surface area (Å²) in [6.45, 7) is 4.01. The number of aromatic nitrogens is 2. The molecule has 30 heavy (non-hydrogen) atoms. The van der Waals surface area contributed by atoms with Gasteiger partial charge in [0.1, 0.15) is 0 Å². The summed E-state index contributed by atoms with van der Waals surface area (Å²) < 4.78 is 17.0. The first-order valence-corrected chi connectivity index (χ1v) is 12.2. The molecule has 1 aromatic carbocycles. The lowest BCUT2D eigenvalue weighted by Gasteiger charge is -2.16. The van der Waals surface area contributed by atoms with Gasteiger partial charge < -0.3 is 10.2 Å². The molecule has 7 nitrogen and oxygen atoms in total. The van der Waals surface area contributed by atoms with Crippen molar-refractivity contribution in [2.24, 2.45) is 0 Å². The summed E-state index contributed by atoms with van der Waals surface area (Å²) in [6.07, 6.45) is 10.8. The Bertz CT molecular complexity index is 948. The molecule has 0 bridgehead atoms. The summed E-state index contributed by atoms with van der Waals surface area (Å²) in [5.41, 5.74) is 6.22. The van der Waals surface area contributed by atoms with E-state index in [4.69, 9.17) is 0 Å². The van der Waals surface area contributed by atoms with Crippen LogP contribution in [0.5, 0.6) is 0 Å². The van der Waals surface area contributed by atoms with Crippen LogP contribution in [0.2, 0.25) is 0 Å². The molecule has 0 saturated carbocycles. The summed E-state index contributed by atoms with van der Waals surface area (Å²) in [5.74, 6) is 0. The highest BCUT2D eigenvalue weighted by Crippen LogP contribution is 2.38. The lowest BCUT2D eigenvalue weighted by atomic mass is 9.99. The average molecular weight is 428 g/mol. The van der Waals surface area contributed by atoms with E-state index in [1.54, 1.807) is 6.07 Å². The summed E-state index contributed by atoms with van der Waals surface area (Å²) in [5, 5.41) is 7.81. The minimum Gasteiger partial charge on any atom is -0.307 e. The van der Waals surface area contributed by atoms with Crippen molar-refractivity contribution in [3.8, 4) is 0 Å². The lowest BCUT2D eigenvalue weighted by Crippen LogP contribution is -2.31. The van der Waals surface area contributed by atoms with E-state index in [-0.39, 0.29) is 0 Å². The second kappa shape index (κ2) is 8.51. The molecule has 2 heterocycles. The van der Waals surface area contributed by atoms with Crippen LogP contribution >= 0.6 is 0 Å². The first-order chi connectivity index (χ1) is 14.7. The topological polar surface area (TPSA) is 79.3 Å². The number of rotatable bonds is 6. The predicted octanol–water partition coefficient (Wildman–Crippen LogP) is 2.80. The molecule has 1 aliphatic heterocycles. The van der Waals surface area contributed by atoms with Gasteiger partial charge in [-0.3, -0.25) is 9.40 Å². The largest absolute Gasteiger partial charge is 0.331 e. The van der Waals surface area contributed by atoms with Gasteiger partial charge in [-0.05, 0) is 92.8 Å². The highest BCUT2D eigenvalue weighted by atomic mass is 32.2. The number of anilines is 1. The smallest absolute Gasteiger partial charge is 0.307 e. The fraction of sp³-hybridized carbons (Fsp3) is 0.545. The number of benzene rings is 1. The van der Waals surface area contributed by atoms with Crippen LogP contribution in [0.4, 0.5) is 10.5 Å². The Balaban J connectivity index is 1.22. The molecule has 8 heteroatoms. The van der Waals surface area contributed by atoms with Crippen LogP contribution in [0, 0.1) is 0 Å². The van der Waals surface area contributed by atoms with E-state index in [0.29, 0.717) is 5.03 Å².